The Morgan fingerprint density at radius 1 is 1.37 bits per heavy atom. The highest BCUT2D eigenvalue weighted by Crippen LogP contribution is 2.02. The highest BCUT2D eigenvalue weighted by molar-refractivity contribution is 5.82. The maximum Gasteiger partial charge on any atom is 0.332 e. The Hall–Kier alpha value is -2.71. The molecule has 0 spiro atoms. The first-order chi connectivity index (χ1) is 8.91. The molecular weight excluding hydrogens is 254 g/mol. The van der Waals surface area contributed by atoms with E-state index in [4.69, 9.17) is 0 Å². The molecule has 0 aliphatic carbocycles. The molecular formula is C10H11N5O4. The van der Waals surface area contributed by atoms with Crippen LogP contribution in [0.25, 0.3) is 11.2 Å². The number of hydrogen-bond acceptors (Lipinski definition) is 6. The summed E-state index contributed by atoms with van der Waals surface area (Å²) in [5.41, 5.74) is -0.587. The second kappa shape index (κ2) is 4.52. The minimum Gasteiger partial charge on any atom is -0.331 e. The minimum atomic E-state index is -0.573. The number of rotatable bonds is 2. The summed E-state index contributed by atoms with van der Waals surface area (Å²) in [6, 6.07) is 0. The molecule has 2 aromatic rings. The van der Waals surface area contributed by atoms with Crippen LogP contribution in [0, 0.1) is 0 Å². The SMILES string of the molecule is CC(=O)O/N=C/c1nc2c([nH]1)c(=O)n(C)c(=O)n2C. The number of fused-ring (bicyclic) bond motifs is 1. The lowest BCUT2D eigenvalue weighted by molar-refractivity contribution is -0.140. The number of nitrogens with zero attached hydrogens (tertiary/aromatic N) is 4. The topological polar surface area (TPSA) is 111 Å². The van der Waals surface area contributed by atoms with E-state index >= 15 is 0 Å². The van der Waals surface area contributed by atoms with Crippen molar-refractivity contribution in [3.8, 4) is 0 Å². The average molecular weight is 265 g/mol. The molecule has 0 fully saturated rings. The summed E-state index contributed by atoms with van der Waals surface area (Å²) in [6.45, 7) is 1.20. The number of carbonyl (C=O) groups is 1. The molecule has 0 saturated carbocycles. The van der Waals surface area contributed by atoms with E-state index in [0.29, 0.717) is 0 Å². The van der Waals surface area contributed by atoms with E-state index in [9.17, 15) is 14.4 Å². The second-order valence-electron chi connectivity index (χ2n) is 3.84. The number of carbonyl (C=O) groups excluding carboxylic acids is 1. The summed E-state index contributed by atoms with van der Waals surface area (Å²) >= 11 is 0. The lowest BCUT2D eigenvalue weighted by Gasteiger charge is -2.00. The normalized spacial score (nSPS) is 11.3. The lowest BCUT2D eigenvalue weighted by Crippen LogP contribution is -2.36. The summed E-state index contributed by atoms with van der Waals surface area (Å²) in [4.78, 5) is 45.2. The van der Waals surface area contributed by atoms with Crippen molar-refractivity contribution in [3.05, 3.63) is 26.7 Å². The molecule has 0 atom stereocenters. The van der Waals surface area contributed by atoms with Gasteiger partial charge in [-0.3, -0.25) is 13.9 Å². The first-order valence-corrected chi connectivity index (χ1v) is 5.28. The molecule has 2 rings (SSSR count). The van der Waals surface area contributed by atoms with Gasteiger partial charge in [-0.05, 0) is 0 Å². The summed E-state index contributed by atoms with van der Waals surface area (Å²) in [6.07, 6.45) is 1.14. The van der Waals surface area contributed by atoms with Gasteiger partial charge >= 0.3 is 11.7 Å². The zero-order valence-corrected chi connectivity index (χ0v) is 10.5. The number of aryl methyl sites for hydroxylation is 1. The first kappa shape index (κ1) is 12.7. The van der Waals surface area contributed by atoms with E-state index in [2.05, 4.69) is 20.0 Å². The Bertz CT molecular complexity index is 795. The highest BCUT2D eigenvalue weighted by atomic mass is 16.7. The van der Waals surface area contributed by atoms with Gasteiger partial charge in [0.15, 0.2) is 11.5 Å². The Balaban J connectivity index is 2.58. The molecule has 0 aromatic carbocycles. The largest absolute Gasteiger partial charge is 0.332 e. The molecule has 0 saturated heterocycles. The van der Waals surface area contributed by atoms with Crippen molar-refractivity contribution >= 4 is 23.3 Å². The highest BCUT2D eigenvalue weighted by Gasteiger charge is 2.12. The number of nitrogens with one attached hydrogen (secondary N) is 1. The van der Waals surface area contributed by atoms with E-state index < -0.39 is 17.2 Å². The molecule has 2 heterocycles. The smallest absolute Gasteiger partial charge is 0.331 e. The molecule has 100 valence electrons. The number of aromatic nitrogens is 4. The van der Waals surface area contributed by atoms with Gasteiger partial charge in [-0.2, -0.15) is 0 Å². The number of hydrogen-bond donors (Lipinski definition) is 1. The Morgan fingerprint density at radius 2 is 2.05 bits per heavy atom. The first-order valence-electron chi connectivity index (χ1n) is 5.28. The fraction of sp³-hybridized carbons (Fsp3) is 0.300. The molecule has 2 aromatic heterocycles. The molecule has 0 radical (unpaired) electrons. The zero-order chi connectivity index (χ0) is 14.2. The number of aromatic amines is 1. The van der Waals surface area contributed by atoms with E-state index in [1.165, 1.54) is 25.6 Å². The van der Waals surface area contributed by atoms with Gasteiger partial charge in [0.1, 0.15) is 11.7 Å². The molecule has 9 nitrogen and oxygen atoms in total. The molecule has 0 amide bonds. The van der Waals surface area contributed by atoms with Gasteiger partial charge in [-0.1, -0.05) is 5.16 Å². The van der Waals surface area contributed by atoms with Gasteiger partial charge in [-0.15, -0.1) is 0 Å². The van der Waals surface area contributed by atoms with Crippen molar-refractivity contribution in [1.82, 2.24) is 19.1 Å². The van der Waals surface area contributed by atoms with Gasteiger partial charge in [0.05, 0.1) is 0 Å². The fourth-order valence-corrected chi connectivity index (χ4v) is 1.56. The summed E-state index contributed by atoms with van der Waals surface area (Å²) < 4.78 is 2.20. The fourth-order valence-electron chi connectivity index (χ4n) is 1.56. The molecule has 19 heavy (non-hydrogen) atoms. The third kappa shape index (κ3) is 2.17. The van der Waals surface area contributed by atoms with Gasteiger partial charge in [0, 0.05) is 21.0 Å². The van der Waals surface area contributed by atoms with Gasteiger partial charge < -0.3 is 9.82 Å². The number of oxime groups is 1. The van der Waals surface area contributed by atoms with E-state index in [1.807, 2.05) is 0 Å². The van der Waals surface area contributed by atoms with E-state index in [-0.39, 0.29) is 17.0 Å². The Morgan fingerprint density at radius 3 is 2.68 bits per heavy atom. The number of imidazole rings is 1. The standard InChI is InChI=1S/C10H11N5O4/c1-5(16)19-11-4-6-12-7-8(13-6)14(2)10(18)15(3)9(7)17/h4H,1-3H3,(H,12,13)/b11-4+. The van der Waals surface area contributed by atoms with Crippen LogP contribution < -0.4 is 11.2 Å². The summed E-state index contributed by atoms with van der Waals surface area (Å²) in [7, 11) is 2.87. The van der Waals surface area contributed by atoms with E-state index in [0.717, 1.165) is 10.8 Å². The van der Waals surface area contributed by atoms with Crippen molar-refractivity contribution in [2.45, 2.75) is 6.92 Å². The van der Waals surface area contributed by atoms with Crippen LogP contribution in [0.3, 0.4) is 0 Å². The predicted octanol–water partition coefficient (Wildman–Crippen LogP) is -1.14. The van der Waals surface area contributed by atoms with Gasteiger partial charge in [0.2, 0.25) is 0 Å². The second-order valence-corrected chi connectivity index (χ2v) is 3.84. The quantitative estimate of drug-likeness (QED) is 0.419. The van der Waals surface area contributed by atoms with Crippen LogP contribution in [-0.2, 0) is 23.7 Å². The Kier molecular flexibility index (Phi) is 3.03. The maximum atomic E-state index is 11.8. The third-order valence-corrected chi connectivity index (χ3v) is 2.47. The monoisotopic (exact) mass is 265 g/mol. The molecule has 0 aliphatic heterocycles. The minimum absolute atomic E-state index is 0.175. The van der Waals surface area contributed by atoms with Crippen LogP contribution in [0.15, 0.2) is 14.7 Å². The van der Waals surface area contributed by atoms with Gasteiger partial charge in [-0.25, -0.2) is 14.6 Å². The number of H-pyrrole nitrogens is 1. The van der Waals surface area contributed by atoms with Gasteiger partial charge in [0.25, 0.3) is 5.56 Å². The predicted molar refractivity (Wildman–Crippen MR) is 65.9 cm³/mol. The zero-order valence-electron chi connectivity index (χ0n) is 10.5. The lowest BCUT2D eigenvalue weighted by atomic mass is 10.5. The molecule has 0 unspecified atom stereocenters. The van der Waals surface area contributed by atoms with Crippen LogP contribution in [0.5, 0.6) is 0 Å². The summed E-state index contributed by atoms with van der Waals surface area (Å²) in [5, 5.41) is 3.38. The average Bonchev–Trinajstić information content (AvgIpc) is 2.77. The van der Waals surface area contributed by atoms with Crippen molar-refractivity contribution in [2.75, 3.05) is 0 Å². The summed E-state index contributed by atoms with van der Waals surface area (Å²) in [5.74, 6) is -0.370. The van der Waals surface area contributed by atoms with E-state index in [1.54, 1.807) is 0 Å². The van der Waals surface area contributed by atoms with Crippen LogP contribution in [0.4, 0.5) is 0 Å². The molecule has 1 N–H and O–H groups in total. The van der Waals surface area contributed by atoms with Crippen molar-refractivity contribution in [2.24, 2.45) is 19.3 Å². The van der Waals surface area contributed by atoms with Crippen molar-refractivity contribution in [3.63, 3.8) is 0 Å². The van der Waals surface area contributed by atoms with Crippen molar-refractivity contribution in [1.29, 1.82) is 0 Å². The Labute approximate surface area is 106 Å². The maximum absolute atomic E-state index is 11.8. The van der Waals surface area contributed by atoms with Crippen LogP contribution >= 0.6 is 0 Å². The molecule has 0 aliphatic rings. The molecule has 9 heteroatoms. The van der Waals surface area contributed by atoms with Crippen LogP contribution in [0.2, 0.25) is 0 Å². The molecule has 0 bridgehead atoms. The third-order valence-electron chi connectivity index (χ3n) is 2.47. The van der Waals surface area contributed by atoms with Crippen LogP contribution in [-0.4, -0.2) is 31.3 Å². The van der Waals surface area contributed by atoms with Crippen molar-refractivity contribution < 1.29 is 9.63 Å². The van der Waals surface area contributed by atoms with Crippen LogP contribution in [0.1, 0.15) is 12.7 Å².